The van der Waals surface area contributed by atoms with Crippen LogP contribution in [0.2, 0.25) is 0 Å². The predicted octanol–water partition coefficient (Wildman–Crippen LogP) is 3.29. The van der Waals surface area contributed by atoms with E-state index in [1.807, 2.05) is 0 Å². The quantitative estimate of drug-likeness (QED) is 0.300. The lowest BCUT2D eigenvalue weighted by atomic mass is 9.96. The minimum atomic E-state index is -4.94. The average Bonchev–Trinajstić information content (AvgIpc) is 2.75. The third-order valence-corrected chi connectivity index (χ3v) is 5.17. The van der Waals surface area contributed by atoms with E-state index in [2.05, 4.69) is 16.9 Å². The lowest BCUT2D eigenvalue weighted by molar-refractivity contribution is -0.260. The van der Waals surface area contributed by atoms with Crippen LogP contribution in [0.1, 0.15) is 32.4 Å². The van der Waals surface area contributed by atoms with Crippen molar-refractivity contribution in [3.8, 4) is 0 Å². The van der Waals surface area contributed by atoms with Gasteiger partial charge in [-0.1, -0.05) is 12.7 Å². The van der Waals surface area contributed by atoms with Crippen molar-refractivity contribution in [2.75, 3.05) is 18.5 Å². The topological polar surface area (TPSA) is 127 Å². The van der Waals surface area contributed by atoms with Crippen LogP contribution in [-0.2, 0) is 15.1 Å². The molecule has 0 saturated carbocycles. The van der Waals surface area contributed by atoms with Gasteiger partial charge < -0.3 is 31.5 Å². The fourth-order valence-corrected chi connectivity index (χ4v) is 3.14. The van der Waals surface area contributed by atoms with Gasteiger partial charge in [0.15, 0.2) is 12.2 Å². The third kappa shape index (κ3) is 6.92. The molecule has 2 unspecified atom stereocenters. The number of ether oxygens (including phenoxy) is 1. The second-order valence-electron chi connectivity index (χ2n) is 8.23. The highest BCUT2D eigenvalue weighted by Crippen LogP contribution is 2.37. The molecule has 0 spiro atoms. The van der Waals surface area contributed by atoms with Gasteiger partial charge >= 0.3 is 6.18 Å². The van der Waals surface area contributed by atoms with Gasteiger partial charge in [0, 0.05) is 25.2 Å². The normalized spacial score (nSPS) is 19.2. The van der Waals surface area contributed by atoms with Gasteiger partial charge in [-0.05, 0) is 32.0 Å². The summed E-state index contributed by atoms with van der Waals surface area (Å²) in [6.07, 6.45) is -0.370. The summed E-state index contributed by atoms with van der Waals surface area (Å²) in [5.74, 6) is -4.79. The molecule has 6 N–H and O–H groups in total. The van der Waals surface area contributed by atoms with Crippen LogP contribution in [0.5, 0.6) is 0 Å². The molecule has 0 saturated heterocycles. The fourth-order valence-electron chi connectivity index (χ4n) is 3.14. The van der Waals surface area contributed by atoms with Crippen LogP contribution in [-0.4, -0.2) is 46.1 Å². The molecule has 1 aromatic rings. The number of allylic oxidation sites excluding steroid dienone is 1. The van der Waals surface area contributed by atoms with Crippen molar-refractivity contribution in [2.45, 2.75) is 44.4 Å². The number of aliphatic hydroxyl groups is 1. The Balaban J connectivity index is 2.18. The molecule has 8 nitrogen and oxygen atoms in total. The Morgan fingerprint density at radius 3 is 2.49 bits per heavy atom. The molecule has 2 heterocycles. The molecule has 35 heavy (non-hydrogen) atoms. The van der Waals surface area contributed by atoms with Gasteiger partial charge in [-0.3, -0.25) is 9.78 Å². The Morgan fingerprint density at radius 1 is 1.31 bits per heavy atom. The van der Waals surface area contributed by atoms with Gasteiger partial charge in [0.1, 0.15) is 0 Å². The molecule has 0 radical (unpaired) electrons. The monoisotopic (exact) mass is 505 g/mol. The van der Waals surface area contributed by atoms with E-state index < -0.39 is 41.8 Å². The van der Waals surface area contributed by atoms with Crippen molar-refractivity contribution in [1.29, 1.82) is 0 Å². The van der Waals surface area contributed by atoms with Crippen LogP contribution in [0.25, 0.3) is 0 Å². The molecule has 0 fully saturated rings. The number of hydrogen-bond donors (Lipinski definition) is 4. The van der Waals surface area contributed by atoms with E-state index in [0.29, 0.717) is 13.8 Å². The minimum Gasteiger partial charge on any atom is -0.472 e. The average molecular weight is 505 g/mol. The number of carbonyl (C=O) groups excluding carboxylic acids is 1. The molecule has 13 heteroatoms. The van der Waals surface area contributed by atoms with Crippen molar-refractivity contribution in [1.82, 2.24) is 9.88 Å². The number of anilines is 1. The summed E-state index contributed by atoms with van der Waals surface area (Å²) < 4.78 is 70.3. The number of amides is 1. The molecule has 1 amide bonds. The number of rotatable bonds is 9. The second-order valence-corrected chi connectivity index (χ2v) is 8.23. The zero-order chi connectivity index (χ0) is 26.6. The molecule has 0 bridgehead atoms. The highest BCUT2D eigenvalue weighted by atomic mass is 19.4. The Kier molecular flexibility index (Phi) is 8.50. The molecule has 0 aliphatic carbocycles. The molecule has 1 aromatic heterocycles. The van der Waals surface area contributed by atoms with Gasteiger partial charge in [0.2, 0.25) is 11.8 Å². The second kappa shape index (κ2) is 10.6. The molecule has 1 aliphatic rings. The minimum absolute atomic E-state index is 0.0939. The first-order valence-electron chi connectivity index (χ1n) is 10.5. The number of nitrogens with two attached hydrogens (primary N) is 2. The van der Waals surface area contributed by atoms with Gasteiger partial charge in [-0.15, -0.1) is 0 Å². The van der Waals surface area contributed by atoms with Gasteiger partial charge in [-0.25, -0.2) is 8.78 Å². The summed E-state index contributed by atoms with van der Waals surface area (Å²) in [4.78, 5) is 17.9. The number of pyridine rings is 1. The SMILES string of the molecule is C=C1C(C(=O)Nc2ccc(C(C)(O)C(F)(F)F)nc2)CC=CN1/C(CCN)=C(/N)OCC(C)(F)F. The molecular formula is C22H28F5N5O3. The van der Waals surface area contributed by atoms with E-state index in [4.69, 9.17) is 16.2 Å². The number of halogens is 5. The highest BCUT2D eigenvalue weighted by molar-refractivity contribution is 5.94. The zero-order valence-corrected chi connectivity index (χ0v) is 19.2. The maximum Gasteiger partial charge on any atom is 0.422 e. The zero-order valence-electron chi connectivity index (χ0n) is 19.2. The molecule has 194 valence electrons. The van der Waals surface area contributed by atoms with Crippen LogP contribution in [0, 0.1) is 5.92 Å². The Labute approximate surface area is 199 Å². The number of nitrogens with one attached hydrogen (secondary N) is 1. The first kappa shape index (κ1) is 28.1. The highest BCUT2D eigenvalue weighted by Gasteiger charge is 2.52. The van der Waals surface area contributed by atoms with Crippen LogP contribution >= 0.6 is 0 Å². The molecular weight excluding hydrogens is 477 g/mol. The summed E-state index contributed by atoms with van der Waals surface area (Å²) in [7, 11) is 0. The van der Waals surface area contributed by atoms with Crippen molar-refractivity contribution in [3.05, 3.63) is 60.2 Å². The van der Waals surface area contributed by atoms with Gasteiger partial charge in [0.05, 0.1) is 29.2 Å². The number of alkyl halides is 5. The summed E-state index contributed by atoms with van der Waals surface area (Å²) in [6.45, 7) is 4.32. The first-order valence-corrected chi connectivity index (χ1v) is 10.5. The Bertz CT molecular complexity index is 985. The first-order chi connectivity index (χ1) is 16.1. The number of aromatic nitrogens is 1. The standard InChI is InChI=1S/C22H28F5N5O3/c1-13-15(5-4-10-32(13)16(8-9-28)18(29)35-12-20(2,23)24)19(33)31-14-6-7-17(30-11-14)21(3,34)22(25,26)27/h4,6-7,10-11,15,34H,1,5,8-9,12,28-29H2,2-3H3,(H,31,33)/b18-16-. The van der Waals surface area contributed by atoms with E-state index in [9.17, 15) is 31.9 Å². The number of carbonyl (C=O) groups is 1. The van der Waals surface area contributed by atoms with Crippen molar-refractivity contribution in [3.63, 3.8) is 0 Å². The molecule has 1 aliphatic heterocycles. The van der Waals surface area contributed by atoms with Crippen molar-refractivity contribution >= 4 is 11.6 Å². The van der Waals surface area contributed by atoms with Crippen molar-refractivity contribution < 1.29 is 36.6 Å². The van der Waals surface area contributed by atoms with Crippen LogP contribution in [0.3, 0.4) is 0 Å². The van der Waals surface area contributed by atoms with Crippen molar-refractivity contribution in [2.24, 2.45) is 17.4 Å². The van der Waals surface area contributed by atoms with Crippen LogP contribution < -0.4 is 16.8 Å². The number of hydrogen-bond acceptors (Lipinski definition) is 7. The summed E-state index contributed by atoms with van der Waals surface area (Å²) in [5, 5.41) is 12.2. The lowest BCUT2D eigenvalue weighted by Crippen LogP contribution is -2.40. The fraction of sp³-hybridized carbons (Fsp3) is 0.455. The van der Waals surface area contributed by atoms with E-state index in [1.54, 1.807) is 12.3 Å². The van der Waals surface area contributed by atoms with E-state index in [1.165, 1.54) is 11.0 Å². The predicted molar refractivity (Wildman–Crippen MR) is 118 cm³/mol. The Hall–Kier alpha value is -3.19. The van der Waals surface area contributed by atoms with E-state index in [0.717, 1.165) is 12.3 Å². The largest absolute Gasteiger partial charge is 0.472 e. The number of nitrogens with zero attached hydrogens (tertiary/aromatic N) is 2. The summed E-state index contributed by atoms with van der Waals surface area (Å²) in [5.41, 5.74) is 8.29. The van der Waals surface area contributed by atoms with E-state index >= 15 is 0 Å². The summed E-state index contributed by atoms with van der Waals surface area (Å²) in [6, 6.07) is 2.13. The smallest absolute Gasteiger partial charge is 0.422 e. The third-order valence-electron chi connectivity index (χ3n) is 5.17. The summed E-state index contributed by atoms with van der Waals surface area (Å²) >= 11 is 0. The van der Waals surface area contributed by atoms with Gasteiger partial charge in [0.25, 0.3) is 5.92 Å². The van der Waals surface area contributed by atoms with Crippen LogP contribution in [0.15, 0.2) is 54.5 Å². The Morgan fingerprint density at radius 2 is 1.97 bits per heavy atom. The molecule has 2 atom stereocenters. The van der Waals surface area contributed by atoms with E-state index in [-0.39, 0.29) is 42.4 Å². The maximum absolute atomic E-state index is 13.2. The maximum atomic E-state index is 13.2. The molecule has 0 aromatic carbocycles. The van der Waals surface area contributed by atoms with Gasteiger partial charge in [-0.2, -0.15) is 13.2 Å². The van der Waals surface area contributed by atoms with Crippen LogP contribution in [0.4, 0.5) is 27.6 Å². The lowest BCUT2D eigenvalue weighted by Gasteiger charge is -2.33. The molecule has 2 rings (SSSR count).